The van der Waals surface area contributed by atoms with Gasteiger partial charge in [0.05, 0.1) is 12.0 Å². The highest BCUT2D eigenvalue weighted by atomic mass is 79.9. The first kappa shape index (κ1) is 11.8. The molecule has 1 aromatic rings. The number of rotatable bonds is 3. The summed E-state index contributed by atoms with van der Waals surface area (Å²) < 4.78 is 13.6. The first-order valence-electron chi connectivity index (χ1n) is 3.79. The zero-order valence-corrected chi connectivity index (χ0v) is 9.33. The second-order valence-corrected chi connectivity index (χ2v) is 3.92. The molecule has 1 aromatic heterocycles. The largest absolute Gasteiger partial charge is 0.389 e. The van der Waals surface area contributed by atoms with E-state index in [-0.39, 0.29) is 11.4 Å². The van der Waals surface area contributed by atoms with E-state index in [4.69, 9.17) is 11.6 Å². The molecule has 0 spiro atoms. The second-order valence-electron chi connectivity index (χ2n) is 2.70. The standard InChI is InChI=1S/C8H8BrClFNO2/c9-4-1-5(8(11)12-3-4)7(14)6(13)2-10/h1,3,6-7,13-14H,2H2. The molecule has 0 aliphatic rings. The number of nitrogens with zero attached hydrogens (tertiary/aromatic N) is 1. The highest BCUT2D eigenvalue weighted by Crippen LogP contribution is 2.22. The molecule has 0 radical (unpaired) electrons. The molecule has 0 saturated heterocycles. The predicted octanol–water partition coefficient (Wildman–Crippen LogP) is 1.62. The molecule has 0 aromatic carbocycles. The second kappa shape index (κ2) is 5.02. The highest BCUT2D eigenvalue weighted by Gasteiger charge is 2.21. The summed E-state index contributed by atoms with van der Waals surface area (Å²) in [5.74, 6) is -0.988. The number of halogens is 3. The fourth-order valence-electron chi connectivity index (χ4n) is 0.937. The van der Waals surface area contributed by atoms with Crippen molar-refractivity contribution in [1.82, 2.24) is 4.98 Å². The molecule has 0 saturated carbocycles. The Hall–Kier alpha value is -0.230. The maximum atomic E-state index is 13.1. The Morgan fingerprint density at radius 1 is 1.57 bits per heavy atom. The number of pyridine rings is 1. The van der Waals surface area contributed by atoms with E-state index in [1.165, 1.54) is 12.3 Å². The van der Waals surface area contributed by atoms with Crippen LogP contribution in [-0.2, 0) is 0 Å². The van der Waals surface area contributed by atoms with Crippen LogP contribution in [0.15, 0.2) is 16.7 Å². The first-order chi connectivity index (χ1) is 6.56. The first-order valence-corrected chi connectivity index (χ1v) is 5.12. The normalized spacial score (nSPS) is 15.2. The van der Waals surface area contributed by atoms with Crippen LogP contribution in [0, 0.1) is 5.95 Å². The zero-order chi connectivity index (χ0) is 10.7. The van der Waals surface area contributed by atoms with Gasteiger partial charge >= 0.3 is 0 Å². The van der Waals surface area contributed by atoms with Crippen molar-refractivity contribution in [3.8, 4) is 0 Å². The average Bonchev–Trinajstić information content (AvgIpc) is 2.19. The van der Waals surface area contributed by atoms with Crippen LogP contribution >= 0.6 is 27.5 Å². The molecule has 6 heteroatoms. The van der Waals surface area contributed by atoms with Gasteiger partial charge in [-0.3, -0.25) is 0 Å². The third-order valence-corrected chi connectivity index (χ3v) is 2.42. The Kier molecular flexibility index (Phi) is 4.25. The van der Waals surface area contributed by atoms with E-state index in [0.29, 0.717) is 4.47 Å². The molecule has 1 rings (SSSR count). The van der Waals surface area contributed by atoms with E-state index in [1.807, 2.05) is 0 Å². The van der Waals surface area contributed by atoms with E-state index in [9.17, 15) is 14.6 Å². The molecule has 2 N–H and O–H groups in total. The minimum Gasteiger partial charge on any atom is -0.389 e. The van der Waals surface area contributed by atoms with Gasteiger partial charge in [-0.2, -0.15) is 4.39 Å². The van der Waals surface area contributed by atoms with Crippen LogP contribution in [0.2, 0.25) is 0 Å². The van der Waals surface area contributed by atoms with Gasteiger partial charge in [0.25, 0.3) is 0 Å². The van der Waals surface area contributed by atoms with Crippen molar-refractivity contribution in [1.29, 1.82) is 0 Å². The number of hydrogen-bond donors (Lipinski definition) is 2. The number of aliphatic hydroxyl groups excluding tert-OH is 2. The minimum atomic E-state index is -1.36. The zero-order valence-electron chi connectivity index (χ0n) is 6.99. The number of aliphatic hydroxyl groups is 2. The van der Waals surface area contributed by atoms with Crippen molar-refractivity contribution >= 4 is 27.5 Å². The van der Waals surface area contributed by atoms with Crippen LogP contribution in [0.5, 0.6) is 0 Å². The van der Waals surface area contributed by atoms with Gasteiger partial charge in [-0.1, -0.05) is 0 Å². The van der Waals surface area contributed by atoms with Crippen molar-refractivity contribution in [2.24, 2.45) is 0 Å². The van der Waals surface area contributed by atoms with Crippen LogP contribution < -0.4 is 0 Å². The van der Waals surface area contributed by atoms with E-state index in [1.54, 1.807) is 0 Å². The van der Waals surface area contributed by atoms with Crippen molar-refractivity contribution in [3.05, 3.63) is 28.2 Å². The Morgan fingerprint density at radius 2 is 2.21 bits per heavy atom. The lowest BCUT2D eigenvalue weighted by molar-refractivity contribution is 0.0299. The van der Waals surface area contributed by atoms with E-state index < -0.39 is 18.2 Å². The van der Waals surface area contributed by atoms with E-state index >= 15 is 0 Å². The molecule has 2 unspecified atom stereocenters. The van der Waals surface area contributed by atoms with Crippen LogP contribution in [0.4, 0.5) is 4.39 Å². The lowest BCUT2D eigenvalue weighted by atomic mass is 10.1. The Morgan fingerprint density at radius 3 is 2.79 bits per heavy atom. The molecule has 0 fully saturated rings. The molecular formula is C8H8BrClFNO2. The lowest BCUT2D eigenvalue weighted by Gasteiger charge is -2.15. The minimum absolute atomic E-state index is 0.0764. The summed E-state index contributed by atoms with van der Waals surface area (Å²) in [5, 5.41) is 18.7. The third kappa shape index (κ3) is 2.63. The van der Waals surface area contributed by atoms with Crippen molar-refractivity contribution < 1.29 is 14.6 Å². The summed E-state index contributed by atoms with van der Waals surface area (Å²) in [5.41, 5.74) is -0.0764. The van der Waals surface area contributed by atoms with Gasteiger partial charge < -0.3 is 10.2 Å². The Balaban J connectivity index is 2.99. The molecule has 0 aliphatic carbocycles. The molecule has 2 atom stereocenters. The highest BCUT2D eigenvalue weighted by molar-refractivity contribution is 9.10. The summed E-state index contributed by atoms with van der Waals surface area (Å²) >= 11 is 8.41. The quantitative estimate of drug-likeness (QED) is 0.655. The van der Waals surface area contributed by atoms with Gasteiger partial charge in [-0.15, -0.1) is 11.6 Å². The number of alkyl halides is 1. The number of hydrogen-bond acceptors (Lipinski definition) is 3. The van der Waals surface area contributed by atoms with E-state index in [0.717, 1.165) is 0 Å². The molecule has 0 bridgehead atoms. The maximum absolute atomic E-state index is 13.1. The SMILES string of the molecule is OC(CCl)C(O)c1cc(Br)cnc1F. The third-order valence-electron chi connectivity index (χ3n) is 1.67. The summed E-state index contributed by atoms with van der Waals surface area (Å²) in [4.78, 5) is 3.39. The molecular weight excluding hydrogens is 276 g/mol. The van der Waals surface area contributed by atoms with Crippen LogP contribution in [0.1, 0.15) is 11.7 Å². The van der Waals surface area contributed by atoms with Gasteiger partial charge in [-0.05, 0) is 22.0 Å². The lowest BCUT2D eigenvalue weighted by Crippen LogP contribution is -2.21. The fourth-order valence-corrected chi connectivity index (χ4v) is 1.46. The van der Waals surface area contributed by atoms with Crippen LogP contribution in [0.25, 0.3) is 0 Å². The van der Waals surface area contributed by atoms with Crippen LogP contribution in [-0.4, -0.2) is 27.2 Å². The summed E-state index contributed by atoms with van der Waals surface area (Å²) in [6.07, 6.45) is -1.31. The predicted molar refractivity (Wildman–Crippen MR) is 53.6 cm³/mol. The maximum Gasteiger partial charge on any atom is 0.218 e. The van der Waals surface area contributed by atoms with Crippen molar-refractivity contribution in [2.75, 3.05) is 5.88 Å². The van der Waals surface area contributed by atoms with Crippen LogP contribution in [0.3, 0.4) is 0 Å². The van der Waals surface area contributed by atoms with Crippen molar-refractivity contribution in [2.45, 2.75) is 12.2 Å². The monoisotopic (exact) mass is 283 g/mol. The summed E-state index contributed by atoms with van der Waals surface area (Å²) in [6.45, 7) is 0. The fraction of sp³-hybridized carbons (Fsp3) is 0.375. The molecule has 1 heterocycles. The summed E-state index contributed by atoms with van der Waals surface area (Å²) in [6, 6.07) is 1.35. The molecule has 78 valence electrons. The molecule has 0 aliphatic heterocycles. The molecule has 14 heavy (non-hydrogen) atoms. The van der Waals surface area contributed by atoms with Crippen molar-refractivity contribution in [3.63, 3.8) is 0 Å². The van der Waals surface area contributed by atoms with Gasteiger partial charge in [0.15, 0.2) is 0 Å². The topological polar surface area (TPSA) is 53.4 Å². The molecule has 0 amide bonds. The van der Waals surface area contributed by atoms with Gasteiger partial charge in [0, 0.05) is 16.2 Å². The molecule has 3 nitrogen and oxygen atoms in total. The van der Waals surface area contributed by atoms with Gasteiger partial charge in [0.2, 0.25) is 5.95 Å². The summed E-state index contributed by atoms with van der Waals surface area (Å²) in [7, 11) is 0. The number of aromatic nitrogens is 1. The smallest absolute Gasteiger partial charge is 0.218 e. The van der Waals surface area contributed by atoms with E-state index in [2.05, 4.69) is 20.9 Å². The Labute approximate surface area is 93.7 Å². The average molecular weight is 285 g/mol. The van der Waals surface area contributed by atoms with Gasteiger partial charge in [0.1, 0.15) is 6.10 Å². The van der Waals surface area contributed by atoms with Gasteiger partial charge in [-0.25, -0.2) is 4.98 Å². The Bertz CT molecular complexity index is 326.